The van der Waals surface area contributed by atoms with E-state index < -0.39 is 10.1 Å². The smallest absolute Gasteiger partial charge is 0.264 e. The minimum atomic E-state index is -3.34. The van der Waals surface area contributed by atoms with Crippen molar-refractivity contribution in [2.24, 2.45) is 0 Å². The van der Waals surface area contributed by atoms with Crippen molar-refractivity contribution in [3.8, 4) is 0 Å². The first kappa shape index (κ1) is 13.9. The molecular weight excluding hydrogens is 234 g/mol. The molecule has 16 heavy (non-hydrogen) atoms. The molecule has 0 aromatic heterocycles. The fourth-order valence-electron chi connectivity index (χ4n) is 1.36. The molecule has 1 aliphatic heterocycles. The van der Waals surface area contributed by atoms with Gasteiger partial charge in [0.05, 0.1) is 39.3 Å². The Hall–Kier alpha value is -0.210. The third kappa shape index (κ3) is 7.13. The lowest BCUT2D eigenvalue weighted by Crippen LogP contribution is -2.38. The molecule has 0 atom stereocenters. The van der Waals surface area contributed by atoms with Crippen LogP contribution in [0.5, 0.6) is 0 Å². The summed E-state index contributed by atoms with van der Waals surface area (Å²) in [7, 11) is -3.34. The fraction of sp³-hybridized carbons (Fsp3) is 1.00. The Kier molecular flexibility index (Phi) is 6.22. The van der Waals surface area contributed by atoms with Crippen LogP contribution in [-0.2, 0) is 23.8 Å². The number of hydrogen-bond acceptors (Lipinski definition) is 6. The van der Waals surface area contributed by atoms with Crippen LogP contribution in [-0.4, -0.2) is 72.2 Å². The zero-order valence-corrected chi connectivity index (χ0v) is 10.4. The summed E-state index contributed by atoms with van der Waals surface area (Å²) in [6, 6.07) is 0. The Morgan fingerprint density at radius 2 is 1.88 bits per heavy atom. The Morgan fingerprint density at radius 1 is 1.19 bits per heavy atom. The standard InChI is InChI=1S/C9H19NO5S/c1-16(11,12)15-9-8-14-7-4-10-2-5-13-6-3-10/h2-9H2,1H3. The Labute approximate surface area is 96.6 Å². The van der Waals surface area contributed by atoms with Crippen LogP contribution in [0.15, 0.2) is 0 Å². The lowest BCUT2D eigenvalue weighted by Gasteiger charge is -2.26. The average molecular weight is 253 g/mol. The first-order chi connectivity index (χ1) is 7.58. The molecule has 1 heterocycles. The topological polar surface area (TPSA) is 65.1 Å². The summed E-state index contributed by atoms with van der Waals surface area (Å²) in [6.45, 7) is 5.25. The van der Waals surface area contributed by atoms with Gasteiger partial charge in [0.25, 0.3) is 10.1 Å². The van der Waals surface area contributed by atoms with Gasteiger partial charge in [0.2, 0.25) is 0 Å². The fourth-order valence-corrected chi connectivity index (χ4v) is 1.74. The maximum Gasteiger partial charge on any atom is 0.264 e. The molecule has 1 rings (SSSR count). The molecule has 0 N–H and O–H groups in total. The monoisotopic (exact) mass is 253 g/mol. The number of nitrogens with zero attached hydrogens (tertiary/aromatic N) is 1. The molecule has 1 aliphatic rings. The first-order valence-electron chi connectivity index (χ1n) is 5.30. The van der Waals surface area contributed by atoms with Gasteiger partial charge in [-0.1, -0.05) is 0 Å². The number of morpholine rings is 1. The molecule has 0 saturated carbocycles. The van der Waals surface area contributed by atoms with Gasteiger partial charge in [0, 0.05) is 19.6 Å². The van der Waals surface area contributed by atoms with Crippen molar-refractivity contribution in [1.29, 1.82) is 0 Å². The highest BCUT2D eigenvalue weighted by Gasteiger charge is 2.09. The first-order valence-corrected chi connectivity index (χ1v) is 7.12. The van der Waals surface area contributed by atoms with Gasteiger partial charge in [-0.3, -0.25) is 9.08 Å². The molecule has 0 unspecified atom stereocenters. The van der Waals surface area contributed by atoms with E-state index in [0.29, 0.717) is 13.2 Å². The van der Waals surface area contributed by atoms with Gasteiger partial charge in [-0.2, -0.15) is 8.42 Å². The maximum absolute atomic E-state index is 10.6. The minimum Gasteiger partial charge on any atom is -0.379 e. The summed E-state index contributed by atoms with van der Waals surface area (Å²) < 4.78 is 36.2. The van der Waals surface area contributed by atoms with Crippen LogP contribution in [0.2, 0.25) is 0 Å². The molecule has 0 bridgehead atoms. The molecule has 1 saturated heterocycles. The van der Waals surface area contributed by atoms with Crippen LogP contribution < -0.4 is 0 Å². The van der Waals surface area contributed by atoms with Gasteiger partial charge in [0.15, 0.2) is 0 Å². The second-order valence-corrected chi connectivity index (χ2v) is 5.24. The molecular formula is C9H19NO5S. The predicted molar refractivity (Wildman–Crippen MR) is 58.9 cm³/mol. The van der Waals surface area contributed by atoms with Crippen LogP contribution in [0, 0.1) is 0 Å². The van der Waals surface area contributed by atoms with Crippen LogP contribution >= 0.6 is 0 Å². The van der Waals surface area contributed by atoms with Gasteiger partial charge in [-0.15, -0.1) is 0 Å². The van der Waals surface area contributed by atoms with Crippen molar-refractivity contribution in [2.45, 2.75) is 0 Å². The summed E-state index contributed by atoms with van der Waals surface area (Å²) >= 11 is 0. The van der Waals surface area contributed by atoms with Crippen molar-refractivity contribution in [1.82, 2.24) is 4.90 Å². The van der Waals surface area contributed by atoms with E-state index >= 15 is 0 Å². The van der Waals surface area contributed by atoms with E-state index in [2.05, 4.69) is 9.08 Å². The van der Waals surface area contributed by atoms with Crippen LogP contribution in [0.25, 0.3) is 0 Å². The van der Waals surface area contributed by atoms with Crippen molar-refractivity contribution >= 4 is 10.1 Å². The number of ether oxygens (including phenoxy) is 2. The van der Waals surface area contributed by atoms with Gasteiger partial charge in [-0.25, -0.2) is 0 Å². The SMILES string of the molecule is CS(=O)(=O)OCCOCCN1CCOCC1. The summed E-state index contributed by atoms with van der Waals surface area (Å²) in [6.07, 6.45) is 1.03. The highest BCUT2D eigenvalue weighted by Crippen LogP contribution is 1.96. The average Bonchev–Trinajstić information content (AvgIpc) is 2.23. The van der Waals surface area contributed by atoms with Crippen molar-refractivity contribution in [3.63, 3.8) is 0 Å². The largest absolute Gasteiger partial charge is 0.379 e. The summed E-state index contributed by atoms with van der Waals surface area (Å²) in [5.74, 6) is 0. The van der Waals surface area contributed by atoms with Gasteiger partial charge in [-0.05, 0) is 0 Å². The van der Waals surface area contributed by atoms with Gasteiger partial charge < -0.3 is 9.47 Å². The van der Waals surface area contributed by atoms with Crippen LogP contribution in [0.4, 0.5) is 0 Å². The van der Waals surface area contributed by atoms with Crippen LogP contribution in [0.3, 0.4) is 0 Å². The molecule has 0 radical (unpaired) electrons. The summed E-state index contributed by atoms with van der Waals surface area (Å²) in [4.78, 5) is 2.25. The summed E-state index contributed by atoms with van der Waals surface area (Å²) in [5.41, 5.74) is 0. The van der Waals surface area contributed by atoms with E-state index in [1.54, 1.807) is 0 Å². The van der Waals surface area contributed by atoms with Gasteiger partial charge in [0.1, 0.15) is 0 Å². The second-order valence-electron chi connectivity index (χ2n) is 3.59. The van der Waals surface area contributed by atoms with Crippen molar-refractivity contribution in [3.05, 3.63) is 0 Å². The van der Waals surface area contributed by atoms with E-state index in [1.165, 1.54) is 0 Å². The zero-order valence-electron chi connectivity index (χ0n) is 9.55. The molecule has 96 valence electrons. The Balaban J connectivity index is 1.91. The Morgan fingerprint density at radius 3 is 2.50 bits per heavy atom. The molecule has 0 spiro atoms. The van der Waals surface area contributed by atoms with Crippen molar-refractivity contribution < 1.29 is 22.1 Å². The van der Waals surface area contributed by atoms with Crippen LogP contribution in [0.1, 0.15) is 0 Å². The molecule has 1 fully saturated rings. The van der Waals surface area contributed by atoms with E-state index in [4.69, 9.17) is 9.47 Å². The molecule has 0 aromatic carbocycles. The lowest BCUT2D eigenvalue weighted by atomic mass is 10.4. The van der Waals surface area contributed by atoms with Gasteiger partial charge >= 0.3 is 0 Å². The van der Waals surface area contributed by atoms with E-state index in [1.807, 2.05) is 0 Å². The highest BCUT2D eigenvalue weighted by atomic mass is 32.2. The third-order valence-corrected chi connectivity index (χ3v) is 2.78. The van der Waals surface area contributed by atoms with E-state index in [9.17, 15) is 8.42 Å². The molecule has 0 aliphatic carbocycles. The lowest BCUT2D eigenvalue weighted by molar-refractivity contribution is 0.0173. The zero-order chi connectivity index (χ0) is 11.9. The van der Waals surface area contributed by atoms with E-state index in [-0.39, 0.29) is 6.61 Å². The normalized spacial score (nSPS) is 18.8. The number of rotatable bonds is 7. The van der Waals surface area contributed by atoms with E-state index in [0.717, 1.165) is 39.1 Å². The molecule has 0 aromatic rings. The Bertz CT molecular complexity index is 274. The second kappa shape index (κ2) is 7.18. The molecule has 0 amide bonds. The molecule has 6 nitrogen and oxygen atoms in total. The predicted octanol–water partition coefficient (Wildman–Crippen LogP) is -0.689. The maximum atomic E-state index is 10.6. The quantitative estimate of drug-likeness (QED) is 0.442. The molecule has 7 heteroatoms. The van der Waals surface area contributed by atoms with Crippen molar-refractivity contribution in [2.75, 3.05) is 58.9 Å². The summed E-state index contributed by atoms with van der Waals surface area (Å²) in [5, 5.41) is 0. The third-order valence-electron chi connectivity index (χ3n) is 2.18. The minimum absolute atomic E-state index is 0.0853. The number of hydrogen-bond donors (Lipinski definition) is 0. The highest BCUT2D eigenvalue weighted by molar-refractivity contribution is 7.85.